The lowest BCUT2D eigenvalue weighted by atomic mass is 10.1. The SMILES string of the molecule is CC(C)c1cc(Cl)nc(CSC2CCCC2)n1. The Morgan fingerprint density at radius 2 is 2.06 bits per heavy atom. The van der Waals surface area contributed by atoms with Gasteiger partial charge in [-0.15, -0.1) is 0 Å². The van der Waals surface area contributed by atoms with Crippen LogP contribution in [0, 0.1) is 0 Å². The molecule has 2 nitrogen and oxygen atoms in total. The first-order chi connectivity index (χ1) is 8.15. The van der Waals surface area contributed by atoms with Crippen LogP contribution in [0.2, 0.25) is 5.15 Å². The lowest BCUT2D eigenvalue weighted by Gasteiger charge is -2.10. The molecule has 0 atom stereocenters. The molecule has 1 aromatic heterocycles. The third-order valence-corrected chi connectivity index (χ3v) is 4.66. The highest BCUT2D eigenvalue weighted by atomic mass is 35.5. The minimum atomic E-state index is 0.408. The van der Waals surface area contributed by atoms with Crippen LogP contribution >= 0.6 is 23.4 Å². The van der Waals surface area contributed by atoms with Gasteiger partial charge in [-0.2, -0.15) is 11.8 Å². The van der Waals surface area contributed by atoms with Crippen LogP contribution in [0.4, 0.5) is 0 Å². The van der Waals surface area contributed by atoms with Gasteiger partial charge in [0.25, 0.3) is 0 Å². The van der Waals surface area contributed by atoms with Gasteiger partial charge in [-0.25, -0.2) is 9.97 Å². The third-order valence-electron chi connectivity index (χ3n) is 3.10. The fourth-order valence-electron chi connectivity index (χ4n) is 2.09. The van der Waals surface area contributed by atoms with Gasteiger partial charge in [-0.1, -0.05) is 38.3 Å². The molecule has 17 heavy (non-hydrogen) atoms. The van der Waals surface area contributed by atoms with Crippen LogP contribution in [0.15, 0.2) is 6.07 Å². The van der Waals surface area contributed by atoms with E-state index in [1.165, 1.54) is 25.7 Å². The zero-order chi connectivity index (χ0) is 12.3. The van der Waals surface area contributed by atoms with Crippen LogP contribution in [0.3, 0.4) is 0 Å². The van der Waals surface area contributed by atoms with Crippen molar-refractivity contribution in [2.45, 2.75) is 56.5 Å². The highest BCUT2D eigenvalue weighted by molar-refractivity contribution is 7.99. The summed E-state index contributed by atoms with van der Waals surface area (Å²) in [5.41, 5.74) is 1.05. The fourth-order valence-corrected chi connectivity index (χ4v) is 3.48. The van der Waals surface area contributed by atoms with Crippen LogP contribution in [0.5, 0.6) is 0 Å². The molecule has 0 N–H and O–H groups in total. The second-order valence-corrected chi connectivity index (χ2v) is 6.58. The van der Waals surface area contributed by atoms with Crippen molar-refractivity contribution in [3.05, 3.63) is 22.7 Å². The van der Waals surface area contributed by atoms with Gasteiger partial charge in [0.15, 0.2) is 0 Å². The van der Waals surface area contributed by atoms with Crippen molar-refractivity contribution in [2.24, 2.45) is 0 Å². The number of hydrogen-bond acceptors (Lipinski definition) is 3. The summed E-state index contributed by atoms with van der Waals surface area (Å²) in [6.45, 7) is 4.26. The Labute approximate surface area is 113 Å². The number of aromatic nitrogens is 2. The molecule has 0 spiro atoms. The third kappa shape index (κ3) is 3.85. The lowest BCUT2D eigenvalue weighted by molar-refractivity contribution is 0.798. The predicted octanol–water partition coefficient (Wildman–Crippen LogP) is 4.43. The van der Waals surface area contributed by atoms with Crippen molar-refractivity contribution in [3.8, 4) is 0 Å². The molecule has 1 aliphatic rings. The van der Waals surface area contributed by atoms with Crippen LogP contribution in [0.1, 0.15) is 57.0 Å². The maximum absolute atomic E-state index is 6.03. The molecular weight excluding hydrogens is 252 g/mol. The molecule has 0 aliphatic heterocycles. The van der Waals surface area contributed by atoms with E-state index in [1.54, 1.807) is 0 Å². The van der Waals surface area contributed by atoms with Gasteiger partial charge in [0.05, 0.1) is 5.75 Å². The largest absolute Gasteiger partial charge is 0.237 e. The highest BCUT2D eigenvalue weighted by Gasteiger charge is 2.16. The summed E-state index contributed by atoms with van der Waals surface area (Å²) in [5, 5.41) is 1.38. The van der Waals surface area contributed by atoms with E-state index in [1.807, 2.05) is 17.8 Å². The summed E-state index contributed by atoms with van der Waals surface area (Å²) in [6, 6.07) is 1.87. The molecule has 0 saturated heterocycles. The molecule has 1 heterocycles. The van der Waals surface area contributed by atoms with E-state index in [9.17, 15) is 0 Å². The van der Waals surface area contributed by atoms with E-state index < -0.39 is 0 Å². The normalized spacial score (nSPS) is 16.9. The zero-order valence-corrected chi connectivity index (χ0v) is 12.0. The molecule has 94 valence electrons. The molecule has 1 aromatic rings. The van der Waals surface area contributed by atoms with Gasteiger partial charge in [0.2, 0.25) is 0 Å². The van der Waals surface area contributed by atoms with E-state index in [2.05, 4.69) is 23.8 Å². The fraction of sp³-hybridized carbons (Fsp3) is 0.692. The monoisotopic (exact) mass is 270 g/mol. The Kier molecular flexibility index (Phi) is 4.69. The average molecular weight is 271 g/mol. The Hall–Kier alpha value is -0.280. The number of halogens is 1. The van der Waals surface area contributed by atoms with Crippen molar-refractivity contribution in [2.75, 3.05) is 0 Å². The summed E-state index contributed by atoms with van der Waals surface area (Å²) in [6.07, 6.45) is 5.46. The molecule has 2 rings (SSSR count). The Balaban J connectivity index is 1.99. The second-order valence-electron chi connectivity index (χ2n) is 4.90. The van der Waals surface area contributed by atoms with Gasteiger partial charge in [0.1, 0.15) is 11.0 Å². The van der Waals surface area contributed by atoms with Gasteiger partial charge in [-0.3, -0.25) is 0 Å². The molecule has 0 amide bonds. The van der Waals surface area contributed by atoms with Crippen molar-refractivity contribution >= 4 is 23.4 Å². The number of hydrogen-bond donors (Lipinski definition) is 0. The summed E-state index contributed by atoms with van der Waals surface area (Å²) in [5.74, 6) is 2.19. The van der Waals surface area contributed by atoms with E-state index >= 15 is 0 Å². The molecule has 1 aliphatic carbocycles. The molecular formula is C13H19ClN2S. The molecule has 0 aromatic carbocycles. The van der Waals surface area contributed by atoms with E-state index in [-0.39, 0.29) is 0 Å². The summed E-state index contributed by atoms with van der Waals surface area (Å²) in [7, 11) is 0. The van der Waals surface area contributed by atoms with Crippen molar-refractivity contribution in [1.29, 1.82) is 0 Å². The van der Waals surface area contributed by atoms with E-state index in [0.29, 0.717) is 11.1 Å². The first-order valence-electron chi connectivity index (χ1n) is 6.30. The molecule has 0 radical (unpaired) electrons. The number of rotatable bonds is 4. The standard InChI is InChI=1S/C13H19ClN2S/c1-9(2)11-7-12(14)16-13(15-11)8-17-10-5-3-4-6-10/h7,9-10H,3-6,8H2,1-2H3. The van der Waals surface area contributed by atoms with Gasteiger partial charge < -0.3 is 0 Å². The highest BCUT2D eigenvalue weighted by Crippen LogP contribution is 2.31. The number of nitrogens with zero attached hydrogens (tertiary/aromatic N) is 2. The molecule has 1 fully saturated rings. The Morgan fingerprint density at radius 1 is 1.35 bits per heavy atom. The van der Waals surface area contributed by atoms with Crippen LogP contribution in [0.25, 0.3) is 0 Å². The molecule has 0 unspecified atom stereocenters. The lowest BCUT2D eigenvalue weighted by Crippen LogP contribution is -2.02. The molecule has 4 heteroatoms. The summed E-state index contributed by atoms with van der Waals surface area (Å²) >= 11 is 8.01. The van der Waals surface area contributed by atoms with E-state index in [0.717, 1.165) is 22.5 Å². The average Bonchev–Trinajstić information content (AvgIpc) is 2.78. The second kappa shape index (κ2) is 6.05. The minimum absolute atomic E-state index is 0.408. The molecule has 0 bridgehead atoms. The van der Waals surface area contributed by atoms with Crippen molar-refractivity contribution in [3.63, 3.8) is 0 Å². The van der Waals surface area contributed by atoms with Gasteiger partial charge in [0, 0.05) is 10.9 Å². The number of thioether (sulfide) groups is 1. The van der Waals surface area contributed by atoms with Gasteiger partial charge >= 0.3 is 0 Å². The van der Waals surface area contributed by atoms with Gasteiger partial charge in [-0.05, 0) is 24.8 Å². The predicted molar refractivity (Wildman–Crippen MR) is 74.7 cm³/mol. The first-order valence-corrected chi connectivity index (χ1v) is 7.73. The Bertz CT molecular complexity index is 376. The zero-order valence-electron chi connectivity index (χ0n) is 10.4. The topological polar surface area (TPSA) is 25.8 Å². The van der Waals surface area contributed by atoms with Crippen molar-refractivity contribution < 1.29 is 0 Å². The summed E-state index contributed by atoms with van der Waals surface area (Å²) < 4.78 is 0. The first kappa shape index (κ1) is 13.2. The van der Waals surface area contributed by atoms with E-state index in [4.69, 9.17) is 11.6 Å². The maximum atomic E-state index is 6.03. The van der Waals surface area contributed by atoms with Crippen LogP contribution in [-0.4, -0.2) is 15.2 Å². The smallest absolute Gasteiger partial charge is 0.140 e. The van der Waals surface area contributed by atoms with Crippen LogP contribution in [-0.2, 0) is 5.75 Å². The minimum Gasteiger partial charge on any atom is -0.237 e. The van der Waals surface area contributed by atoms with Crippen LogP contribution < -0.4 is 0 Å². The quantitative estimate of drug-likeness (QED) is 0.757. The Morgan fingerprint density at radius 3 is 2.71 bits per heavy atom. The summed E-state index contributed by atoms with van der Waals surface area (Å²) in [4.78, 5) is 8.89. The van der Waals surface area contributed by atoms with Crippen molar-refractivity contribution in [1.82, 2.24) is 9.97 Å². The molecule has 1 saturated carbocycles. The maximum Gasteiger partial charge on any atom is 0.140 e.